The minimum atomic E-state index is -1.15. The van der Waals surface area contributed by atoms with E-state index in [1.165, 1.54) is 12.2 Å². The molecule has 1 aromatic heterocycles. The first-order valence-corrected chi connectivity index (χ1v) is 8.54. The van der Waals surface area contributed by atoms with Crippen molar-refractivity contribution in [2.45, 2.75) is 25.7 Å². The maximum absolute atomic E-state index is 12.5. The Kier molecular flexibility index (Phi) is 7.16. The third kappa shape index (κ3) is 4.68. The molecule has 1 unspecified atom stereocenters. The fourth-order valence-electron chi connectivity index (χ4n) is 2.54. The lowest BCUT2D eigenvalue weighted by Gasteiger charge is -2.16. The maximum Gasteiger partial charge on any atom is 0.336 e. The van der Waals surface area contributed by atoms with Gasteiger partial charge in [0.05, 0.1) is 26.7 Å². The lowest BCUT2D eigenvalue weighted by molar-refractivity contribution is 0.0888. The second kappa shape index (κ2) is 9.56. The van der Waals surface area contributed by atoms with Crippen LogP contribution in [-0.4, -0.2) is 38.6 Å². The molecule has 9 heteroatoms. The molecule has 0 saturated carbocycles. The monoisotopic (exact) mass is 389 g/mol. The number of hydrogen-bond acceptors (Lipinski definition) is 6. The molecule has 0 bridgehead atoms. The molecule has 0 aliphatic heterocycles. The molecule has 0 spiro atoms. The van der Waals surface area contributed by atoms with Gasteiger partial charge in [0.25, 0.3) is 0 Å². The van der Waals surface area contributed by atoms with Gasteiger partial charge in [-0.15, -0.1) is 13.2 Å². The molecule has 0 aliphatic rings. The van der Waals surface area contributed by atoms with Crippen LogP contribution in [0.3, 0.4) is 0 Å². The highest BCUT2D eigenvalue weighted by atomic mass is 16.5. The van der Waals surface area contributed by atoms with Crippen LogP contribution in [-0.2, 0) is 19.6 Å². The fraction of sp³-hybridized carbons (Fsp3) is 0.316. The first-order chi connectivity index (χ1) is 13.4. The zero-order valence-electron chi connectivity index (χ0n) is 15.6. The minimum absolute atomic E-state index is 0.0620. The summed E-state index contributed by atoms with van der Waals surface area (Å²) in [6.07, 6.45) is 1.59. The van der Waals surface area contributed by atoms with Crippen molar-refractivity contribution in [1.29, 1.82) is 0 Å². The van der Waals surface area contributed by atoms with Crippen molar-refractivity contribution in [3.8, 4) is 11.5 Å². The van der Waals surface area contributed by atoms with Crippen LogP contribution < -0.4 is 26.5 Å². The number of aliphatic hydroxyl groups is 1. The summed E-state index contributed by atoms with van der Waals surface area (Å²) in [6, 6.07) is 6.73. The minimum Gasteiger partial charge on any atom is -0.497 e. The summed E-state index contributed by atoms with van der Waals surface area (Å²) in [6.45, 7) is 6.41. The van der Waals surface area contributed by atoms with Gasteiger partial charge in [0.15, 0.2) is 0 Å². The molecule has 150 valence electrons. The number of aromatic nitrogens is 3. The van der Waals surface area contributed by atoms with Gasteiger partial charge in [0.1, 0.15) is 24.2 Å². The number of rotatable bonds is 10. The number of methoxy groups -OCH3 is 1. The van der Waals surface area contributed by atoms with Gasteiger partial charge in [-0.2, -0.15) is 0 Å². The number of ether oxygens (including phenoxy) is 2. The van der Waals surface area contributed by atoms with E-state index in [9.17, 15) is 19.5 Å². The zero-order valence-corrected chi connectivity index (χ0v) is 15.6. The standard InChI is InChI=1S/C19H23N3O6/c1-4-10-20-17(24)21(11-5-2)19(26)22(18(20)25)12-14(23)13-28-16-8-6-15(27-3)7-9-16/h4-9,14,23H,1-2,10-13H2,3H3. The topological polar surface area (TPSA) is 105 Å². The summed E-state index contributed by atoms with van der Waals surface area (Å²) in [4.78, 5) is 37.3. The molecular formula is C19H23N3O6. The lowest BCUT2D eigenvalue weighted by atomic mass is 10.3. The van der Waals surface area contributed by atoms with Gasteiger partial charge >= 0.3 is 17.1 Å². The molecule has 1 atom stereocenters. The molecule has 2 rings (SSSR count). The molecule has 0 aliphatic carbocycles. The number of nitrogens with zero attached hydrogens (tertiary/aromatic N) is 3. The third-order valence-corrected chi connectivity index (χ3v) is 3.90. The van der Waals surface area contributed by atoms with Crippen molar-refractivity contribution in [3.05, 3.63) is 81.0 Å². The van der Waals surface area contributed by atoms with Gasteiger partial charge in [-0.25, -0.2) is 28.1 Å². The van der Waals surface area contributed by atoms with Crippen LogP contribution in [0.5, 0.6) is 11.5 Å². The van der Waals surface area contributed by atoms with E-state index in [-0.39, 0.29) is 26.2 Å². The summed E-state index contributed by atoms with van der Waals surface area (Å²) in [5.41, 5.74) is -2.40. The number of benzene rings is 1. The first-order valence-electron chi connectivity index (χ1n) is 8.54. The third-order valence-electron chi connectivity index (χ3n) is 3.90. The molecular weight excluding hydrogens is 366 g/mol. The van der Waals surface area contributed by atoms with Crippen LogP contribution in [0.4, 0.5) is 0 Å². The number of hydrogen-bond donors (Lipinski definition) is 1. The molecule has 9 nitrogen and oxygen atoms in total. The Morgan fingerprint density at radius 2 is 1.39 bits per heavy atom. The predicted octanol–water partition coefficient (Wildman–Crippen LogP) is -0.00780. The van der Waals surface area contributed by atoms with Crippen LogP contribution in [0.25, 0.3) is 0 Å². The van der Waals surface area contributed by atoms with Gasteiger partial charge in [0.2, 0.25) is 0 Å². The fourth-order valence-corrected chi connectivity index (χ4v) is 2.54. The van der Waals surface area contributed by atoms with Crippen LogP contribution >= 0.6 is 0 Å². The van der Waals surface area contributed by atoms with E-state index < -0.39 is 23.2 Å². The molecule has 1 aromatic carbocycles. The summed E-state index contributed by atoms with van der Waals surface area (Å²) in [5.74, 6) is 1.15. The van der Waals surface area contributed by atoms with E-state index >= 15 is 0 Å². The van der Waals surface area contributed by atoms with Crippen molar-refractivity contribution >= 4 is 0 Å². The summed E-state index contributed by atoms with van der Waals surface area (Å²) in [5, 5.41) is 10.2. The summed E-state index contributed by atoms with van der Waals surface area (Å²) < 4.78 is 13.1. The molecule has 0 radical (unpaired) electrons. The van der Waals surface area contributed by atoms with Crippen LogP contribution in [0.2, 0.25) is 0 Å². The van der Waals surface area contributed by atoms with Crippen molar-refractivity contribution < 1.29 is 14.6 Å². The summed E-state index contributed by atoms with van der Waals surface area (Å²) in [7, 11) is 1.54. The normalized spacial score (nSPS) is 11.6. The maximum atomic E-state index is 12.5. The summed E-state index contributed by atoms with van der Waals surface area (Å²) >= 11 is 0. The van der Waals surface area contributed by atoms with E-state index in [0.717, 1.165) is 13.7 Å². The van der Waals surface area contributed by atoms with Gasteiger partial charge in [-0.1, -0.05) is 12.2 Å². The van der Waals surface area contributed by atoms with Crippen LogP contribution in [0.15, 0.2) is 64.0 Å². The quantitative estimate of drug-likeness (QED) is 0.573. The van der Waals surface area contributed by atoms with Crippen LogP contribution in [0.1, 0.15) is 0 Å². The molecule has 0 amide bonds. The number of allylic oxidation sites excluding steroid dienone is 2. The SMILES string of the molecule is C=CCn1c(=O)n(CC=C)c(=O)n(CC(O)COc2ccc(OC)cc2)c1=O. The Labute approximate surface area is 161 Å². The lowest BCUT2D eigenvalue weighted by Crippen LogP contribution is -2.55. The van der Waals surface area contributed by atoms with Gasteiger partial charge in [0, 0.05) is 0 Å². The Balaban J connectivity index is 2.24. The van der Waals surface area contributed by atoms with E-state index in [4.69, 9.17) is 9.47 Å². The first kappa shape index (κ1) is 21.0. The van der Waals surface area contributed by atoms with Gasteiger partial charge in [-0.3, -0.25) is 0 Å². The van der Waals surface area contributed by atoms with Crippen LogP contribution in [0, 0.1) is 0 Å². The Morgan fingerprint density at radius 1 is 0.929 bits per heavy atom. The highest BCUT2D eigenvalue weighted by Crippen LogP contribution is 2.17. The molecule has 1 heterocycles. The second-order valence-electron chi connectivity index (χ2n) is 5.90. The van der Waals surface area contributed by atoms with E-state index in [1.807, 2.05) is 0 Å². The van der Waals surface area contributed by atoms with Gasteiger partial charge in [-0.05, 0) is 24.3 Å². The Morgan fingerprint density at radius 3 is 1.86 bits per heavy atom. The van der Waals surface area contributed by atoms with Crippen molar-refractivity contribution in [2.24, 2.45) is 0 Å². The molecule has 0 fully saturated rings. The van der Waals surface area contributed by atoms with Crippen molar-refractivity contribution in [3.63, 3.8) is 0 Å². The molecule has 0 saturated heterocycles. The average Bonchev–Trinajstić information content (AvgIpc) is 2.70. The van der Waals surface area contributed by atoms with E-state index in [0.29, 0.717) is 11.5 Å². The molecule has 1 N–H and O–H groups in total. The van der Waals surface area contributed by atoms with Crippen molar-refractivity contribution in [1.82, 2.24) is 13.7 Å². The van der Waals surface area contributed by atoms with Gasteiger partial charge < -0.3 is 14.6 Å². The molecule has 28 heavy (non-hydrogen) atoms. The highest BCUT2D eigenvalue weighted by molar-refractivity contribution is 5.31. The largest absolute Gasteiger partial charge is 0.497 e. The molecule has 2 aromatic rings. The second-order valence-corrected chi connectivity index (χ2v) is 5.90. The highest BCUT2D eigenvalue weighted by Gasteiger charge is 2.17. The van der Waals surface area contributed by atoms with E-state index in [1.54, 1.807) is 31.4 Å². The van der Waals surface area contributed by atoms with Crippen molar-refractivity contribution in [2.75, 3.05) is 13.7 Å². The zero-order chi connectivity index (χ0) is 20.7. The van der Waals surface area contributed by atoms with E-state index in [2.05, 4.69) is 13.2 Å². The smallest absolute Gasteiger partial charge is 0.336 e. The number of aliphatic hydroxyl groups excluding tert-OH is 1. The average molecular weight is 389 g/mol. The Bertz CT molecular complexity index is 952. The predicted molar refractivity (Wildman–Crippen MR) is 104 cm³/mol. The Hall–Kier alpha value is -3.33.